The Morgan fingerprint density at radius 3 is 2.15 bits per heavy atom. The number of rotatable bonds is 0. The average molecular weight is 182 g/mol. The second-order valence-electron chi connectivity index (χ2n) is 4.02. The van der Waals surface area contributed by atoms with Gasteiger partial charge in [-0.2, -0.15) is 0 Å². The summed E-state index contributed by atoms with van der Waals surface area (Å²) in [4.78, 5) is 11.3. The van der Waals surface area contributed by atoms with Crippen molar-refractivity contribution in [2.24, 2.45) is 5.41 Å². The Hall–Kier alpha value is -1.25. The minimum Gasteiger partial charge on any atom is -0.504 e. The minimum atomic E-state index is -0.446. The van der Waals surface area contributed by atoms with Crippen LogP contribution in [0.2, 0.25) is 0 Å². The maximum absolute atomic E-state index is 11.3. The van der Waals surface area contributed by atoms with Crippen LogP contribution in [0, 0.1) is 5.41 Å². The van der Waals surface area contributed by atoms with Crippen LogP contribution < -0.4 is 0 Å². The molecule has 0 atom stereocenters. The molecule has 0 saturated carbocycles. The zero-order valence-corrected chi connectivity index (χ0v) is 8.34. The van der Waals surface area contributed by atoms with Crippen molar-refractivity contribution in [3.8, 4) is 0 Å². The molecule has 0 aromatic heterocycles. The molecule has 72 valence electrons. The van der Waals surface area contributed by atoms with E-state index in [1.165, 1.54) is 0 Å². The molecule has 3 nitrogen and oxygen atoms in total. The van der Waals surface area contributed by atoms with Crippen LogP contribution >= 0.6 is 0 Å². The number of ether oxygens (including phenoxy) is 1. The predicted molar refractivity (Wildman–Crippen MR) is 49.0 cm³/mol. The highest BCUT2D eigenvalue weighted by Crippen LogP contribution is 2.36. The van der Waals surface area contributed by atoms with Gasteiger partial charge in [-0.3, -0.25) is 0 Å². The number of aliphatic hydroxyl groups excluding tert-OH is 1. The van der Waals surface area contributed by atoms with Crippen molar-refractivity contribution >= 4 is 5.97 Å². The van der Waals surface area contributed by atoms with Crippen LogP contribution in [-0.4, -0.2) is 11.1 Å². The lowest BCUT2D eigenvalue weighted by Crippen LogP contribution is -2.16. The van der Waals surface area contributed by atoms with Crippen molar-refractivity contribution in [2.75, 3.05) is 0 Å². The molecule has 0 saturated heterocycles. The van der Waals surface area contributed by atoms with Gasteiger partial charge in [0.05, 0.1) is 5.57 Å². The monoisotopic (exact) mass is 182 g/mol. The molecule has 1 aliphatic rings. The molecular weight excluding hydrogens is 168 g/mol. The number of hydrogen-bond donors (Lipinski definition) is 1. The van der Waals surface area contributed by atoms with Gasteiger partial charge in [-0.1, -0.05) is 20.8 Å². The lowest BCUT2D eigenvalue weighted by atomic mass is 9.86. The third-order valence-electron chi connectivity index (χ3n) is 1.89. The van der Waals surface area contributed by atoms with E-state index in [-0.39, 0.29) is 16.9 Å². The van der Waals surface area contributed by atoms with Gasteiger partial charge in [-0.05, 0) is 18.4 Å². The quantitative estimate of drug-likeness (QED) is 0.585. The van der Waals surface area contributed by atoms with Crippen LogP contribution in [0.15, 0.2) is 23.2 Å². The van der Waals surface area contributed by atoms with Gasteiger partial charge in [0.15, 0.2) is 11.5 Å². The molecule has 0 fully saturated rings. The summed E-state index contributed by atoms with van der Waals surface area (Å²) in [7, 11) is 0. The number of carbonyl (C=O) groups is 1. The molecule has 0 spiro atoms. The fraction of sp³-hybridized carbons (Fsp3) is 0.500. The molecule has 0 unspecified atom stereocenters. The van der Waals surface area contributed by atoms with E-state index in [0.29, 0.717) is 5.57 Å². The van der Waals surface area contributed by atoms with Crippen LogP contribution in [0.3, 0.4) is 0 Å². The first-order valence-corrected chi connectivity index (χ1v) is 4.20. The molecule has 1 heterocycles. The highest BCUT2D eigenvalue weighted by Gasteiger charge is 2.36. The van der Waals surface area contributed by atoms with E-state index in [1.54, 1.807) is 13.0 Å². The number of hydrogen-bond acceptors (Lipinski definition) is 3. The van der Waals surface area contributed by atoms with Crippen LogP contribution in [0.5, 0.6) is 0 Å². The summed E-state index contributed by atoms with van der Waals surface area (Å²) in [5.41, 5.74) is -0.0352. The maximum Gasteiger partial charge on any atom is 0.343 e. The minimum absolute atomic E-state index is 0.0278. The molecule has 1 rings (SSSR count). The molecule has 0 aromatic carbocycles. The molecular formula is C10H14O3. The lowest BCUT2D eigenvalue weighted by Gasteiger charge is -2.16. The lowest BCUT2D eigenvalue weighted by molar-refractivity contribution is -0.134. The first-order chi connectivity index (χ1) is 5.88. The van der Waals surface area contributed by atoms with Gasteiger partial charge in [0.1, 0.15) is 0 Å². The summed E-state index contributed by atoms with van der Waals surface area (Å²) < 4.78 is 4.86. The third kappa shape index (κ3) is 1.59. The first-order valence-electron chi connectivity index (χ1n) is 4.20. The largest absolute Gasteiger partial charge is 0.504 e. The van der Waals surface area contributed by atoms with Gasteiger partial charge < -0.3 is 9.84 Å². The normalized spacial score (nSPS) is 21.2. The van der Waals surface area contributed by atoms with Crippen LogP contribution in [0.25, 0.3) is 0 Å². The summed E-state index contributed by atoms with van der Waals surface area (Å²) in [5.74, 6) is -0.215. The van der Waals surface area contributed by atoms with Gasteiger partial charge in [0, 0.05) is 0 Å². The van der Waals surface area contributed by atoms with E-state index >= 15 is 0 Å². The Morgan fingerprint density at radius 1 is 1.38 bits per heavy atom. The average Bonchev–Trinajstić information content (AvgIpc) is 2.24. The van der Waals surface area contributed by atoms with Crippen molar-refractivity contribution < 1.29 is 14.6 Å². The molecule has 0 amide bonds. The summed E-state index contributed by atoms with van der Waals surface area (Å²) >= 11 is 0. The van der Waals surface area contributed by atoms with Gasteiger partial charge in [-0.15, -0.1) is 0 Å². The first kappa shape index (κ1) is 9.84. The molecule has 0 bridgehead atoms. The van der Waals surface area contributed by atoms with Crippen LogP contribution in [0.4, 0.5) is 0 Å². The van der Waals surface area contributed by atoms with Crippen molar-refractivity contribution in [3.63, 3.8) is 0 Å². The van der Waals surface area contributed by atoms with Crippen molar-refractivity contribution in [1.29, 1.82) is 0 Å². The Bertz CT molecular complexity index is 303. The Labute approximate surface area is 77.7 Å². The maximum atomic E-state index is 11.3. The van der Waals surface area contributed by atoms with Crippen molar-refractivity contribution in [2.45, 2.75) is 27.7 Å². The Balaban J connectivity index is 3.22. The molecule has 0 aromatic rings. The molecule has 13 heavy (non-hydrogen) atoms. The van der Waals surface area contributed by atoms with E-state index < -0.39 is 5.97 Å². The molecule has 0 aliphatic carbocycles. The topological polar surface area (TPSA) is 46.5 Å². The summed E-state index contributed by atoms with van der Waals surface area (Å²) in [6.07, 6.45) is 1.58. The van der Waals surface area contributed by atoms with Crippen LogP contribution in [-0.2, 0) is 9.53 Å². The summed E-state index contributed by atoms with van der Waals surface area (Å²) in [5, 5.41) is 9.62. The molecule has 3 heteroatoms. The van der Waals surface area contributed by atoms with Gasteiger partial charge in [0.25, 0.3) is 0 Å². The fourth-order valence-electron chi connectivity index (χ4n) is 1.28. The highest BCUT2D eigenvalue weighted by atomic mass is 16.6. The van der Waals surface area contributed by atoms with Crippen molar-refractivity contribution in [3.05, 3.63) is 23.2 Å². The highest BCUT2D eigenvalue weighted by molar-refractivity contribution is 5.94. The van der Waals surface area contributed by atoms with E-state index in [2.05, 4.69) is 0 Å². The SMILES string of the molecule is C/C=C1\OC(=O)C(C(C)(C)C)=C1O. The van der Waals surface area contributed by atoms with Crippen LogP contribution in [0.1, 0.15) is 27.7 Å². The number of cyclic esters (lactones) is 1. The Kier molecular flexibility index (Phi) is 2.20. The molecule has 1 aliphatic heterocycles. The van der Waals surface area contributed by atoms with E-state index in [1.807, 2.05) is 20.8 Å². The van der Waals surface area contributed by atoms with Gasteiger partial charge in [-0.25, -0.2) is 4.79 Å². The number of allylic oxidation sites excluding steroid dienone is 1. The second kappa shape index (κ2) is 2.91. The summed E-state index contributed by atoms with van der Waals surface area (Å²) in [6, 6.07) is 0. The van der Waals surface area contributed by atoms with E-state index in [4.69, 9.17) is 4.74 Å². The number of esters is 1. The fourth-order valence-corrected chi connectivity index (χ4v) is 1.28. The number of carbonyl (C=O) groups excluding carboxylic acids is 1. The zero-order chi connectivity index (χ0) is 10.2. The van der Waals surface area contributed by atoms with E-state index in [0.717, 1.165) is 0 Å². The van der Waals surface area contributed by atoms with E-state index in [9.17, 15) is 9.90 Å². The third-order valence-corrected chi connectivity index (χ3v) is 1.89. The smallest absolute Gasteiger partial charge is 0.343 e. The predicted octanol–water partition coefficient (Wildman–Crippen LogP) is 2.31. The second-order valence-corrected chi connectivity index (χ2v) is 4.02. The summed E-state index contributed by atoms with van der Waals surface area (Å²) in [6.45, 7) is 7.29. The van der Waals surface area contributed by atoms with Gasteiger partial charge >= 0.3 is 5.97 Å². The number of aliphatic hydroxyl groups is 1. The molecule has 0 radical (unpaired) electrons. The van der Waals surface area contributed by atoms with Gasteiger partial charge in [0.2, 0.25) is 0 Å². The Morgan fingerprint density at radius 2 is 1.92 bits per heavy atom. The van der Waals surface area contributed by atoms with Crippen molar-refractivity contribution in [1.82, 2.24) is 0 Å². The zero-order valence-electron chi connectivity index (χ0n) is 8.34. The standard InChI is InChI=1S/C10H14O3/c1-5-6-8(11)7(9(12)13-6)10(2,3)4/h5,11H,1-4H3/b6-5-. The molecule has 1 N–H and O–H groups in total.